The Morgan fingerprint density at radius 3 is 1.32 bits per heavy atom. The molecule has 0 aromatic heterocycles. The average Bonchev–Trinajstić information content (AvgIpc) is 2.47. The van der Waals surface area contributed by atoms with Crippen molar-refractivity contribution in [1.29, 1.82) is 0 Å². The van der Waals surface area contributed by atoms with Crippen molar-refractivity contribution in [2.24, 2.45) is 0 Å². The molecular formula is C19H39O2S. The average molecular weight is 332 g/mol. The Morgan fingerprint density at radius 2 is 0.955 bits per heavy atom. The van der Waals surface area contributed by atoms with Gasteiger partial charge in [0.05, 0.1) is 11.5 Å². The van der Waals surface area contributed by atoms with Crippen LogP contribution in [0.25, 0.3) is 0 Å². The lowest BCUT2D eigenvalue weighted by Crippen LogP contribution is -2.05. The lowest BCUT2D eigenvalue weighted by atomic mass is 10.0. The summed E-state index contributed by atoms with van der Waals surface area (Å²) in [5.41, 5.74) is 0. The fourth-order valence-corrected chi connectivity index (χ4v) is 4.12. The van der Waals surface area contributed by atoms with Crippen LogP contribution in [0.1, 0.15) is 110 Å². The monoisotopic (exact) mass is 331 g/mol. The van der Waals surface area contributed by atoms with E-state index in [4.69, 9.17) is 0 Å². The van der Waals surface area contributed by atoms with Crippen molar-refractivity contribution in [1.82, 2.24) is 0 Å². The highest BCUT2D eigenvalue weighted by Crippen LogP contribution is 2.13. The first-order valence-electron chi connectivity index (χ1n) is 9.68. The van der Waals surface area contributed by atoms with Gasteiger partial charge in [0.1, 0.15) is 0 Å². The molecule has 0 aromatic carbocycles. The highest BCUT2D eigenvalue weighted by Gasteiger charge is 2.08. The van der Waals surface area contributed by atoms with Gasteiger partial charge in [-0.1, -0.05) is 97.3 Å². The first-order valence-corrected chi connectivity index (χ1v) is 11.4. The standard InChI is InChI=1S/C19H39O2S/c1-3-5-6-7-8-9-10-11-12-13-14-15-16-17-19-22(20,21)18-4-2/h18H,3-17,19H2,1-2H3. The smallest absolute Gasteiger partial charge is 0.154 e. The summed E-state index contributed by atoms with van der Waals surface area (Å²) in [5, 5.41) is 0. The van der Waals surface area contributed by atoms with Gasteiger partial charge < -0.3 is 0 Å². The zero-order valence-corrected chi connectivity index (χ0v) is 15.9. The molecule has 0 spiro atoms. The Kier molecular flexibility index (Phi) is 15.8. The maximum Gasteiger partial charge on any atom is 0.154 e. The first kappa shape index (κ1) is 21.9. The van der Waals surface area contributed by atoms with Gasteiger partial charge in [0.2, 0.25) is 0 Å². The fraction of sp³-hybridized carbons (Fsp3) is 0.947. The van der Waals surface area contributed by atoms with E-state index in [9.17, 15) is 8.42 Å². The van der Waals surface area contributed by atoms with E-state index in [1.165, 1.54) is 82.8 Å². The molecule has 0 amide bonds. The van der Waals surface area contributed by atoms with Crippen LogP contribution in [0.5, 0.6) is 0 Å². The normalized spacial score (nSPS) is 11.9. The molecule has 0 bridgehead atoms. The summed E-state index contributed by atoms with van der Waals surface area (Å²) >= 11 is 0. The molecule has 0 aliphatic heterocycles. The number of unbranched alkanes of at least 4 members (excludes halogenated alkanes) is 13. The Balaban J connectivity index is 3.15. The van der Waals surface area contributed by atoms with Crippen molar-refractivity contribution in [3.05, 3.63) is 5.75 Å². The predicted octanol–water partition coefficient (Wildman–Crippen LogP) is 6.45. The Labute approximate surface area is 140 Å². The van der Waals surface area contributed by atoms with Gasteiger partial charge in [-0.3, -0.25) is 0 Å². The van der Waals surface area contributed by atoms with E-state index in [1.54, 1.807) is 0 Å². The van der Waals surface area contributed by atoms with Crippen LogP contribution in [-0.2, 0) is 9.84 Å². The van der Waals surface area contributed by atoms with Crippen molar-refractivity contribution < 1.29 is 8.42 Å². The molecule has 0 saturated carbocycles. The molecule has 0 aliphatic carbocycles. The van der Waals surface area contributed by atoms with Crippen molar-refractivity contribution in [2.75, 3.05) is 5.75 Å². The molecule has 0 heterocycles. The SMILES string of the molecule is CC[CH]S(=O)(=O)CCCCCCCCCCCCCCCC. The second kappa shape index (κ2) is 15.8. The van der Waals surface area contributed by atoms with Gasteiger partial charge >= 0.3 is 0 Å². The van der Waals surface area contributed by atoms with Gasteiger partial charge in [0.15, 0.2) is 9.84 Å². The molecular weight excluding hydrogens is 292 g/mol. The van der Waals surface area contributed by atoms with Crippen LogP contribution in [-0.4, -0.2) is 14.2 Å². The maximum atomic E-state index is 11.5. The van der Waals surface area contributed by atoms with Crippen molar-refractivity contribution >= 4 is 9.84 Å². The number of hydrogen-bond donors (Lipinski definition) is 0. The lowest BCUT2D eigenvalue weighted by Gasteiger charge is -2.04. The summed E-state index contributed by atoms with van der Waals surface area (Å²) < 4.78 is 23.0. The van der Waals surface area contributed by atoms with Gasteiger partial charge in [-0.05, 0) is 12.8 Å². The summed E-state index contributed by atoms with van der Waals surface area (Å²) in [6.45, 7) is 4.14. The first-order chi connectivity index (χ1) is 10.6. The van der Waals surface area contributed by atoms with E-state index in [0.717, 1.165) is 12.8 Å². The Hall–Kier alpha value is -0.0500. The summed E-state index contributed by atoms with van der Waals surface area (Å²) in [7, 11) is -2.87. The molecule has 0 fully saturated rings. The van der Waals surface area contributed by atoms with E-state index < -0.39 is 9.84 Å². The van der Waals surface area contributed by atoms with Gasteiger partial charge in [-0.2, -0.15) is 0 Å². The minimum Gasteiger partial charge on any atom is -0.229 e. The summed E-state index contributed by atoms with van der Waals surface area (Å²) in [4.78, 5) is 0. The number of sulfone groups is 1. The summed E-state index contributed by atoms with van der Waals surface area (Å²) in [6, 6.07) is 0. The van der Waals surface area contributed by atoms with Crippen LogP contribution in [0.3, 0.4) is 0 Å². The van der Waals surface area contributed by atoms with Crippen molar-refractivity contribution in [3.63, 3.8) is 0 Å². The van der Waals surface area contributed by atoms with E-state index in [-0.39, 0.29) is 0 Å². The number of rotatable bonds is 17. The summed E-state index contributed by atoms with van der Waals surface area (Å²) in [6.07, 6.45) is 18.9. The van der Waals surface area contributed by atoms with Crippen LogP contribution in [0.15, 0.2) is 0 Å². The van der Waals surface area contributed by atoms with E-state index in [1.807, 2.05) is 6.92 Å². The lowest BCUT2D eigenvalue weighted by molar-refractivity contribution is 0.537. The molecule has 1 radical (unpaired) electrons. The molecule has 2 nitrogen and oxygen atoms in total. The molecule has 0 unspecified atom stereocenters. The van der Waals surface area contributed by atoms with Crippen molar-refractivity contribution in [3.8, 4) is 0 Å². The quantitative estimate of drug-likeness (QED) is 0.287. The predicted molar refractivity (Wildman–Crippen MR) is 98.7 cm³/mol. The molecule has 0 aliphatic rings. The molecule has 0 saturated heterocycles. The third kappa shape index (κ3) is 16.3. The highest BCUT2D eigenvalue weighted by molar-refractivity contribution is 7.93. The van der Waals surface area contributed by atoms with E-state index in [0.29, 0.717) is 12.2 Å². The third-order valence-electron chi connectivity index (χ3n) is 4.20. The third-order valence-corrected chi connectivity index (χ3v) is 5.90. The molecule has 0 aromatic rings. The van der Waals surface area contributed by atoms with Gasteiger partial charge in [-0.15, -0.1) is 0 Å². The van der Waals surface area contributed by atoms with Gasteiger partial charge in [-0.25, -0.2) is 8.42 Å². The van der Waals surface area contributed by atoms with Gasteiger partial charge in [0.25, 0.3) is 0 Å². The van der Waals surface area contributed by atoms with Crippen LogP contribution in [0.4, 0.5) is 0 Å². The number of hydrogen-bond acceptors (Lipinski definition) is 2. The Morgan fingerprint density at radius 1 is 0.591 bits per heavy atom. The van der Waals surface area contributed by atoms with Gasteiger partial charge in [0, 0.05) is 0 Å². The largest absolute Gasteiger partial charge is 0.229 e. The fourth-order valence-electron chi connectivity index (χ4n) is 2.84. The molecule has 0 atom stereocenters. The molecule has 22 heavy (non-hydrogen) atoms. The van der Waals surface area contributed by atoms with E-state index in [2.05, 4.69) is 6.92 Å². The highest BCUT2D eigenvalue weighted by atomic mass is 32.2. The molecule has 0 rings (SSSR count). The van der Waals surface area contributed by atoms with Crippen molar-refractivity contribution in [2.45, 2.75) is 110 Å². The minimum absolute atomic E-state index is 0.346. The topological polar surface area (TPSA) is 34.1 Å². The summed E-state index contributed by atoms with van der Waals surface area (Å²) in [5.74, 6) is 1.80. The minimum atomic E-state index is -2.87. The second-order valence-electron chi connectivity index (χ2n) is 6.54. The van der Waals surface area contributed by atoms with Crippen LogP contribution >= 0.6 is 0 Å². The van der Waals surface area contributed by atoms with Crippen LogP contribution in [0.2, 0.25) is 0 Å². The second-order valence-corrected chi connectivity index (χ2v) is 8.61. The zero-order valence-electron chi connectivity index (χ0n) is 15.1. The Bertz CT molecular complexity index is 309. The van der Waals surface area contributed by atoms with E-state index >= 15 is 0 Å². The zero-order chi connectivity index (χ0) is 16.5. The van der Waals surface area contributed by atoms with Crippen LogP contribution < -0.4 is 0 Å². The molecule has 133 valence electrons. The molecule has 0 N–H and O–H groups in total. The maximum absolute atomic E-state index is 11.5. The molecule has 3 heteroatoms. The van der Waals surface area contributed by atoms with Crippen LogP contribution in [0, 0.1) is 5.75 Å².